The summed E-state index contributed by atoms with van der Waals surface area (Å²) in [6, 6.07) is 0. The normalized spacial score (nSPS) is 11.7. The molecule has 0 unspecified atom stereocenters. The van der Waals surface area contributed by atoms with Crippen LogP contribution >= 0.6 is 0 Å². The molecule has 0 fully saturated rings. The second-order valence-corrected chi connectivity index (χ2v) is 21.9. The van der Waals surface area contributed by atoms with Gasteiger partial charge in [0.2, 0.25) is 0 Å². The van der Waals surface area contributed by atoms with Crippen LogP contribution in [-0.2, 0) is 38.1 Å². The van der Waals surface area contributed by atoms with Crippen molar-refractivity contribution in [2.75, 3.05) is 105 Å². The largest absolute Gasteiger partial charge is 0.469 e. The molecule has 0 aliphatic carbocycles. The van der Waals surface area contributed by atoms with Gasteiger partial charge in [-0.05, 0) is 45.2 Å². The average Bonchev–Trinajstić information content (AvgIpc) is 3.41. The monoisotopic (exact) mass is 1060 g/mol. The van der Waals surface area contributed by atoms with Crippen LogP contribution in [0, 0.1) is 0 Å². The van der Waals surface area contributed by atoms with Crippen LogP contribution in [0.15, 0.2) is 0 Å². The highest BCUT2D eigenvalue weighted by molar-refractivity contribution is 5.70. The Balaban J connectivity index is 5.36. The third-order valence-electron chi connectivity index (χ3n) is 14.9. The Morgan fingerprint density at radius 3 is 0.667 bits per heavy atom. The first-order chi connectivity index (χ1) is 36.7. The molecular formula is C63H124N4O8. The van der Waals surface area contributed by atoms with Gasteiger partial charge in [-0.3, -0.25) is 19.2 Å². The van der Waals surface area contributed by atoms with E-state index < -0.39 is 0 Å². The molecule has 0 bridgehead atoms. The zero-order valence-electron chi connectivity index (χ0n) is 50.5. The molecule has 0 atom stereocenters. The lowest BCUT2D eigenvalue weighted by molar-refractivity contribution is -0.145. The van der Waals surface area contributed by atoms with Gasteiger partial charge in [0.1, 0.15) is 0 Å². The van der Waals surface area contributed by atoms with Gasteiger partial charge in [0.15, 0.2) is 0 Å². The number of nitrogens with zero attached hydrogens (tertiary/aromatic N) is 4. The Bertz CT molecular complexity index is 1220. The van der Waals surface area contributed by atoms with E-state index in [4.69, 9.17) is 18.9 Å². The average molecular weight is 1070 g/mol. The molecule has 0 aromatic heterocycles. The van der Waals surface area contributed by atoms with Crippen LogP contribution in [0.5, 0.6) is 0 Å². The van der Waals surface area contributed by atoms with E-state index in [1.807, 2.05) is 0 Å². The first-order valence-corrected chi connectivity index (χ1v) is 32.2. The number of unbranched alkanes of at least 4 members (excludes halogenated alkanes) is 29. The van der Waals surface area contributed by atoms with E-state index in [1.54, 1.807) is 0 Å². The van der Waals surface area contributed by atoms with Crippen molar-refractivity contribution in [3.8, 4) is 0 Å². The lowest BCUT2D eigenvalue weighted by Gasteiger charge is -2.31. The van der Waals surface area contributed by atoms with Crippen LogP contribution < -0.4 is 0 Å². The minimum Gasteiger partial charge on any atom is -0.469 e. The summed E-state index contributed by atoms with van der Waals surface area (Å²) < 4.78 is 22.0. The molecule has 0 saturated carbocycles. The Morgan fingerprint density at radius 1 is 0.240 bits per heavy atom. The summed E-state index contributed by atoms with van der Waals surface area (Å²) in [6.07, 6.45) is 43.0. The maximum absolute atomic E-state index is 13.0. The maximum Gasteiger partial charge on any atom is 0.307 e. The summed E-state index contributed by atoms with van der Waals surface area (Å²) in [5, 5.41) is 0. The summed E-state index contributed by atoms with van der Waals surface area (Å²) in [6.45, 7) is 21.9. The second kappa shape index (κ2) is 57.9. The molecular weight excluding hydrogens is 941 g/mol. The number of carbonyl (C=O) groups excluding carboxylic acids is 4. The number of esters is 4. The molecule has 12 nitrogen and oxygen atoms in total. The molecule has 444 valence electrons. The van der Waals surface area contributed by atoms with Crippen LogP contribution in [0.25, 0.3) is 0 Å². The number of hydrogen-bond acceptors (Lipinski definition) is 12. The van der Waals surface area contributed by atoms with Crippen molar-refractivity contribution in [3.63, 3.8) is 0 Å². The van der Waals surface area contributed by atoms with Crippen LogP contribution in [0.1, 0.15) is 279 Å². The summed E-state index contributed by atoms with van der Waals surface area (Å²) in [5.41, 5.74) is 0. The lowest BCUT2D eigenvalue weighted by Crippen LogP contribution is -2.43. The minimum atomic E-state index is -0.241. The van der Waals surface area contributed by atoms with E-state index in [2.05, 4.69) is 54.2 Å². The first-order valence-electron chi connectivity index (χ1n) is 32.2. The molecule has 0 aromatic carbocycles. The fourth-order valence-corrected chi connectivity index (χ4v) is 9.60. The van der Waals surface area contributed by atoms with Gasteiger partial charge in [-0.2, -0.15) is 0 Å². The topological polar surface area (TPSA) is 118 Å². The van der Waals surface area contributed by atoms with E-state index in [9.17, 15) is 19.2 Å². The van der Waals surface area contributed by atoms with Gasteiger partial charge in [-0.15, -0.1) is 0 Å². The quantitative estimate of drug-likeness (QED) is 0.0328. The fourth-order valence-electron chi connectivity index (χ4n) is 9.60. The molecule has 0 amide bonds. The van der Waals surface area contributed by atoms with Crippen molar-refractivity contribution >= 4 is 23.9 Å². The van der Waals surface area contributed by atoms with E-state index in [1.165, 1.54) is 161 Å². The molecule has 75 heavy (non-hydrogen) atoms. The second-order valence-electron chi connectivity index (χ2n) is 21.9. The Kier molecular flexibility index (Phi) is 56.1. The van der Waals surface area contributed by atoms with E-state index >= 15 is 0 Å². The lowest BCUT2D eigenvalue weighted by atomic mass is 10.1. The van der Waals surface area contributed by atoms with Gasteiger partial charge in [0.05, 0.1) is 52.6 Å². The molecule has 0 aliphatic rings. The van der Waals surface area contributed by atoms with Gasteiger partial charge in [0, 0.05) is 65.4 Å². The molecule has 0 spiro atoms. The number of rotatable bonds is 60. The highest BCUT2D eigenvalue weighted by Gasteiger charge is 2.18. The Labute approximate surface area is 464 Å². The predicted octanol–water partition coefficient (Wildman–Crippen LogP) is 14.9. The molecule has 0 aromatic rings. The minimum absolute atomic E-state index is 0.157. The Morgan fingerprint density at radius 2 is 0.440 bits per heavy atom. The zero-order chi connectivity index (χ0) is 54.9. The van der Waals surface area contributed by atoms with Crippen LogP contribution in [0.4, 0.5) is 0 Å². The third kappa shape index (κ3) is 52.2. The summed E-state index contributed by atoms with van der Waals surface area (Å²) in [4.78, 5) is 60.6. The molecule has 12 heteroatoms. The van der Waals surface area contributed by atoms with Gasteiger partial charge in [0.25, 0.3) is 0 Å². The van der Waals surface area contributed by atoms with Gasteiger partial charge in [-0.1, -0.05) is 221 Å². The van der Waals surface area contributed by atoms with Crippen LogP contribution in [0.2, 0.25) is 0 Å². The molecule has 0 aliphatic heterocycles. The van der Waals surface area contributed by atoms with Crippen LogP contribution in [-0.4, -0.2) is 149 Å². The SMILES string of the molecule is CCCCCCCCCCCCOC(=O)CCN(CCC(=O)OC)CCN(CCCC)CCN(CCCC)CCN(CCC(=O)OCCCCCCCCCCCC)CCC(=O)OCCCCCCCCCCCC. The van der Waals surface area contributed by atoms with Crippen LogP contribution in [0.3, 0.4) is 0 Å². The van der Waals surface area contributed by atoms with E-state index in [0.29, 0.717) is 65.3 Å². The number of carbonyl (C=O) groups is 4. The predicted molar refractivity (Wildman–Crippen MR) is 314 cm³/mol. The third-order valence-corrected chi connectivity index (χ3v) is 14.9. The van der Waals surface area contributed by atoms with Crippen molar-refractivity contribution in [1.29, 1.82) is 0 Å². The molecule has 0 heterocycles. The van der Waals surface area contributed by atoms with Crippen molar-refractivity contribution in [1.82, 2.24) is 19.6 Å². The maximum atomic E-state index is 13.0. The highest BCUT2D eigenvalue weighted by atomic mass is 16.5. The fraction of sp³-hybridized carbons (Fsp3) is 0.937. The first kappa shape index (κ1) is 72.7. The standard InChI is InChI=1S/C63H124N4O8/c1-7-12-17-20-23-26-29-32-35-38-57-73-61(69)42-48-66(47-41-60(68)72-6)55-53-64(45-15-10-4)51-52-65(46-16-11-5)54-56-67(49-43-62(70)74-58-39-36-33-30-27-24-21-18-13-8-2)50-44-63(71)75-59-40-37-34-31-28-25-22-19-14-9-3/h7-59H2,1-6H3. The molecule has 0 rings (SSSR count). The zero-order valence-corrected chi connectivity index (χ0v) is 50.5. The number of ether oxygens (including phenoxy) is 4. The molecule has 0 radical (unpaired) electrons. The summed E-state index contributed by atoms with van der Waals surface area (Å²) in [7, 11) is 1.43. The van der Waals surface area contributed by atoms with Gasteiger partial charge >= 0.3 is 23.9 Å². The van der Waals surface area contributed by atoms with E-state index in [-0.39, 0.29) is 30.3 Å². The smallest absolute Gasteiger partial charge is 0.307 e. The summed E-state index contributed by atoms with van der Waals surface area (Å²) in [5.74, 6) is -0.721. The number of methoxy groups -OCH3 is 1. The van der Waals surface area contributed by atoms with Gasteiger partial charge in [-0.25, -0.2) is 0 Å². The van der Waals surface area contributed by atoms with Crippen molar-refractivity contribution in [3.05, 3.63) is 0 Å². The van der Waals surface area contributed by atoms with Gasteiger partial charge < -0.3 is 38.5 Å². The highest BCUT2D eigenvalue weighted by Crippen LogP contribution is 2.14. The van der Waals surface area contributed by atoms with Crippen molar-refractivity contribution < 1.29 is 38.1 Å². The molecule has 0 N–H and O–H groups in total. The number of hydrogen-bond donors (Lipinski definition) is 0. The molecule has 0 saturated heterocycles. The van der Waals surface area contributed by atoms with Crippen molar-refractivity contribution in [2.24, 2.45) is 0 Å². The summed E-state index contributed by atoms with van der Waals surface area (Å²) >= 11 is 0. The Hall–Kier alpha value is -2.28. The van der Waals surface area contributed by atoms with Crippen molar-refractivity contribution in [2.45, 2.75) is 279 Å². The van der Waals surface area contributed by atoms with E-state index in [0.717, 1.165) is 117 Å².